The van der Waals surface area contributed by atoms with Gasteiger partial charge in [0.2, 0.25) is 5.13 Å². The molecule has 6 rings (SSSR count). The van der Waals surface area contributed by atoms with Crippen LogP contribution in [0.4, 0.5) is 5.13 Å². The van der Waals surface area contributed by atoms with Crippen LogP contribution >= 0.6 is 34.7 Å². The van der Waals surface area contributed by atoms with Gasteiger partial charge in [-0.25, -0.2) is 0 Å². The molecule has 1 N–H and O–H groups in total. The first-order chi connectivity index (χ1) is 21.8. The molecular weight excluding hydrogens is 630 g/mol. The highest BCUT2D eigenvalue weighted by Gasteiger charge is 2.48. The molecule has 2 aliphatic heterocycles. The van der Waals surface area contributed by atoms with Gasteiger partial charge in [0.05, 0.1) is 18.2 Å². The number of benzene rings is 3. The molecule has 0 spiro atoms. The van der Waals surface area contributed by atoms with Crippen molar-refractivity contribution in [1.29, 1.82) is 0 Å². The second kappa shape index (κ2) is 13.6. The lowest BCUT2D eigenvalue weighted by Gasteiger charge is -2.23. The Morgan fingerprint density at radius 2 is 1.96 bits per heavy atom. The SMILES string of the molecule is CCCCCOc1cccc([C@@H]2/C(=C(\O)c3ccc4c(c3)C[C@H](C)O4)C(=O)C(=O)N2c2nnc(SCc3ccccc3Cl)s2)c1. The quantitative estimate of drug-likeness (QED) is 0.0431. The summed E-state index contributed by atoms with van der Waals surface area (Å²) in [5.41, 5.74) is 2.92. The minimum absolute atomic E-state index is 0.0180. The number of aromatic nitrogens is 2. The van der Waals surface area contributed by atoms with Gasteiger partial charge in [0.15, 0.2) is 4.34 Å². The zero-order valence-electron chi connectivity index (χ0n) is 24.9. The third kappa shape index (κ3) is 6.59. The summed E-state index contributed by atoms with van der Waals surface area (Å²) < 4.78 is 12.5. The van der Waals surface area contributed by atoms with Crippen LogP contribution in [0.25, 0.3) is 5.76 Å². The standard InChI is InChI=1S/C34H32ClN3O5S2/c1-3-4-7-15-42-25-11-8-10-21(18-25)29-28(30(39)22-13-14-27-24(17-22)16-20(2)43-27)31(40)32(41)38(29)33-36-37-34(45-33)44-19-23-9-5-6-12-26(23)35/h5-6,8-14,17-18,20,29,39H,3-4,7,15-16,19H2,1-2H3/b30-28+/t20-,29+/m0/s1. The fourth-order valence-electron chi connectivity index (χ4n) is 5.50. The Balaban J connectivity index is 1.38. The number of thioether (sulfide) groups is 1. The maximum Gasteiger partial charge on any atom is 0.301 e. The van der Waals surface area contributed by atoms with Gasteiger partial charge in [-0.3, -0.25) is 14.5 Å². The molecule has 3 aromatic carbocycles. The largest absolute Gasteiger partial charge is 0.507 e. The van der Waals surface area contributed by atoms with Crippen LogP contribution < -0.4 is 14.4 Å². The summed E-state index contributed by atoms with van der Waals surface area (Å²) in [5, 5.41) is 21.2. The Morgan fingerprint density at radius 3 is 2.78 bits per heavy atom. The first-order valence-electron chi connectivity index (χ1n) is 14.9. The van der Waals surface area contributed by atoms with Crippen LogP contribution in [-0.2, 0) is 21.8 Å². The minimum atomic E-state index is -0.943. The van der Waals surface area contributed by atoms with E-state index < -0.39 is 17.7 Å². The van der Waals surface area contributed by atoms with E-state index in [1.165, 1.54) is 28.0 Å². The van der Waals surface area contributed by atoms with Crippen molar-refractivity contribution in [2.45, 2.75) is 61.8 Å². The van der Waals surface area contributed by atoms with E-state index in [0.717, 1.165) is 36.1 Å². The number of carbonyl (C=O) groups excluding carboxylic acids is 2. The number of fused-ring (bicyclic) bond motifs is 1. The van der Waals surface area contributed by atoms with Crippen LogP contribution in [0, 0.1) is 0 Å². The predicted molar refractivity (Wildman–Crippen MR) is 177 cm³/mol. The number of ether oxygens (including phenoxy) is 2. The molecule has 2 aliphatic rings. The highest BCUT2D eigenvalue weighted by molar-refractivity contribution is 8.00. The number of Topliss-reactive ketones (excluding diaryl/α,β-unsaturated/α-hetero) is 1. The van der Waals surface area contributed by atoms with Crippen LogP contribution in [-0.4, -0.2) is 39.7 Å². The molecular formula is C34H32ClN3O5S2. The van der Waals surface area contributed by atoms with Crippen molar-refractivity contribution in [1.82, 2.24) is 10.2 Å². The maximum atomic E-state index is 13.7. The van der Waals surface area contributed by atoms with Crippen molar-refractivity contribution in [2.75, 3.05) is 11.5 Å². The molecule has 1 amide bonds. The number of ketones is 1. The topological polar surface area (TPSA) is 102 Å². The molecule has 0 aliphatic carbocycles. The number of aliphatic hydroxyl groups excluding tert-OH is 1. The molecule has 232 valence electrons. The molecule has 8 nitrogen and oxygen atoms in total. The molecule has 3 heterocycles. The van der Waals surface area contributed by atoms with E-state index in [9.17, 15) is 14.7 Å². The number of carbonyl (C=O) groups is 2. The Kier molecular flexibility index (Phi) is 9.44. The molecule has 1 aromatic heterocycles. The number of halogens is 1. The summed E-state index contributed by atoms with van der Waals surface area (Å²) in [7, 11) is 0. The van der Waals surface area contributed by atoms with Gasteiger partial charge in [0, 0.05) is 22.8 Å². The third-order valence-electron chi connectivity index (χ3n) is 7.72. The van der Waals surface area contributed by atoms with Crippen LogP contribution in [0.2, 0.25) is 5.02 Å². The molecule has 0 bridgehead atoms. The van der Waals surface area contributed by atoms with Crippen molar-refractivity contribution < 1.29 is 24.2 Å². The molecule has 0 radical (unpaired) electrons. The van der Waals surface area contributed by atoms with Crippen molar-refractivity contribution in [3.05, 3.63) is 99.6 Å². The molecule has 2 atom stereocenters. The average molecular weight is 662 g/mol. The Hall–Kier alpha value is -3.86. The zero-order valence-corrected chi connectivity index (χ0v) is 27.3. The fraction of sp³-hybridized carbons (Fsp3) is 0.294. The van der Waals surface area contributed by atoms with Gasteiger partial charge in [0.1, 0.15) is 23.4 Å². The first kappa shape index (κ1) is 31.1. The third-order valence-corrected chi connectivity index (χ3v) is 10.2. The molecule has 4 aromatic rings. The Morgan fingerprint density at radius 1 is 1.11 bits per heavy atom. The van der Waals surface area contributed by atoms with E-state index in [4.69, 9.17) is 21.1 Å². The van der Waals surface area contributed by atoms with E-state index in [-0.39, 0.29) is 22.6 Å². The number of amides is 1. The number of unbranched alkanes of at least 4 members (excludes halogenated alkanes) is 2. The molecule has 45 heavy (non-hydrogen) atoms. The smallest absolute Gasteiger partial charge is 0.301 e. The number of hydrogen-bond acceptors (Lipinski definition) is 9. The van der Waals surface area contributed by atoms with Gasteiger partial charge in [-0.15, -0.1) is 10.2 Å². The summed E-state index contributed by atoms with van der Waals surface area (Å²) >= 11 is 8.98. The van der Waals surface area contributed by atoms with Gasteiger partial charge in [0.25, 0.3) is 5.78 Å². The molecule has 0 unspecified atom stereocenters. The van der Waals surface area contributed by atoms with Crippen molar-refractivity contribution in [2.24, 2.45) is 0 Å². The van der Waals surface area contributed by atoms with Crippen molar-refractivity contribution in [3.8, 4) is 11.5 Å². The summed E-state index contributed by atoms with van der Waals surface area (Å²) in [6.07, 6.45) is 3.75. The number of anilines is 1. The summed E-state index contributed by atoms with van der Waals surface area (Å²) in [4.78, 5) is 28.8. The predicted octanol–water partition coefficient (Wildman–Crippen LogP) is 8.00. The fourth-order valence-corrected chi connectivity index (χ4v) is 7.65. The Bertz CT molecular complexity index is 1770. The van der Waals surface area contributed by atoms with Crippen LogP contribution in [0.1, 0.15) is 61.4 Å². The van der Waals surface area contributed by atoms with Crippen LogP contribution in [0.15, 0.2) is 76.6 Å². The van der Waals surface area contributed by atoms with E-state index in [0.29, 0.717) is 45.0 Å². The van der Waals surface area contributed by atoms with Crippen LogP contribution in [0.5, 0.6) is 11.5 Å². The molecule has 1 saturated heterocycles. The summed E-state index contributed by atoms with van der Waals surface area (Å²) in [6, 6.07) is 19.2. The molecule has 0 saturated carbocycles. The molecule has 11 heteroatoms. The number of nitrogens with zero attached hydrogens (tertiary/aromatic N) is 3. The summed E-state index contributed by atoms with van der Waals surface area (Å²) in [6.45, 7) is 4.66. The van der Waals surface area contributed by atoms with E-state index in [1.807, 2.05) is 61.5 Å². The first-order valence-corrected chi connectivity index (χ1v) is 17.1. The van der Waals surface area contributed by atoms with Gasteiger partial charge >= 0.3 is 5.91 Å². The second-order valence-corrected chi connectivity index (χ2v) is 13.6. The van der Waals surface area contributed by atoms with Crippen LogP contribution in [0.3, 0.4) is 0 Å². The monoisotopic (exact) mass is 661 g/mol. The Labute approximate surface area is 275 Å². The normalized spacial score (nSPS) is 18.7. The summed E-state index contributed by atoms with van der Waals surface area (Å²) in [5.74, 6) is 0.0976. The van der Waals surface area contributed by atoms with Gasteiger partial charge in [-0.2, -0.15) is 0 Å². The minimum Gasteiger partial charge on any atom is -0.507 e. The maximum absolute atomic E-state index is 13.7. The zero-order chi connectivity index (χ0) is 31.5. The van der Waals surface area contributed by atoms with E-state index >= 15 is 0 Å². The van der Waals surface area contributed by atoms with Crippen molar-refractivity contribution >= 4 is 57.3 Å². The lowest BCUT2D eigenvalue weighted by molar-refractivity contribution is -0.132. The van der Waals surface area contributed by atoms with Gasteiger partial charge in [-0.1, -0.05) is 84.8 Å². The second-order valence-electron chi connectivity index (χ2n) is 11.0. The number of rotatable bonds is 11. The van der Waals surface area contributed by atoms with Gasteiger partial charge in [-0.05, 0) is 66.4 Å². The number of aliphatic hydroxyl groups is 1. The highest BCUT2D eigenvalue weighted by Crippen LogP contribution is 2.45. The lowest BCUT2D eigenvalue weighted by Crippen LogP contribution is -2.29. The van der Waals surface area contributed by atoms with E-state index in [1.54, 1.807) is 12.1 Å². The lowest BCUT2D eigenvalue weighted by atomic mass is 9.94. The van der Waals surface area contributed by atoms with E-state index in [2.05, 4.69) is 17.1 Å². The molecule has 1 fully saturated rings. The van der Waals surface area contributed by atoms with Crippen molar-refractivity contribution in [3.63, 3.8) is 0 Å². The number of hydrogen-bond donors (Lipinski definition) is 1. The highest BCUT2D eigenvalue weighted by atomic mass is 35.5. The van der Waals surface area contributed by atoms with Gasteiger partial charge < -0.3 is 14.6 Å². The average Bonchev–Trinajstić information content (AvgIpc) is 3.73.